The molecule has 3 rings (SSSR count). The van der Waals surface area contributed by atoms with Crippen molar-refractivity contribution in [2.75, 3.05) is 11.4 Å². The molecule has 0 bridgehead atoms. The standard InChI is InChI=1S/C22H28N4O2S/c1-4-17(3)26(12-11-21(27)23-15-19-6-5-13-28-19)22-24-20(25-29-22)14-18-9-7-16(2)8-10-18/h5-10,13,17H,4,11-12,14-15H2,1-3H3,(H,23,27)/t17-/m1/s1. The number of aryl methyl sites for hydroxylation is 1. The number of rotatable bonds is 10. The fraction of sp³-hybridized carbons (Fsp3) is 0.409. The van der Waals surface area contributed by atoms with Gasteiger partial charge in [-0.3, -0.25) is 4.79 Å². The average molecular weight is 413 g/mol. The van der Waals surface area contributed by atoms with Gasteiger partial charge in [0.15, 0.2) is 0 Å². The van der Waals surface area contributed by atoms with Crippen LogP contribution >= 0.6 is 11.5 Å². The van der Waals surface area contributed by atoms with Crippen molar-refractivity contribution in [1.29, 1.82) is 0 Å². The minimum atomic E-state index is -0.000836. The topological polar surface area (TPSA) is 71.3 Å². The van der Waals surface area contributed by atoms with Gasteiger partial charge >= 0.3 is 0 Å². The Kier molecular flexibility index (Phi) is 7.41. The van der Waals surface area contributed by atoms with Crippen molar-refractivity contribution in [3.63, 3.8) is 0 Å². The van der Waals surface area contributed by atoms with Crippen molar-refractivity contribution in [3.8, 4) is 0 Å². The van der Waals surface area contributed by atoms with Gasteiger partial charge in [-0.25, -0.2) is 4.98 Å². The summed E-state index contributed by atoms with van der Waals surface area (Å²) in [6.07, 6.45) is 3.70. The summed E-state index contributed by atoms with van der Waals surface area (Å²) in [5.74, 6) is 1.57. The fourth-order valence-corrected chi connectivity index (χ4v) is 3.77. The SMILES string of the molecule is CC[C@@H](C)N(CCC(=O)NCc1ccco1)c1nc(Cc2ccc(C)cc2)ns1. The number of carbonyl (C=O) groups excluding carboxylic acids is 1. The second-order valence-electron chi connectivity index (χ2n) is 7.21. The van der Waals surface area contributed by atoms with Gasteiger partial charge < -0.3 is 14.6 Å². The molecule has 6 nitrogen and oxygen atoms in total. The van der Waals surface area contributed by atoms with Gasteiger partial charge in [0.25, 0.3) is 0 Å². The summed E-state index contributed by atoms with van der Waals surface area (Å²) >= 11 is 1.40. The zero-order valence-electron chi connectivity index (χ0n) is 17.2. The van der Waals surface area contributed by atoms with Crippen LogP contribution in [0.25, 0.3) is 0 Å². The largest absolute Gasteiger partial charge is 0.467 e. The quantitative estimate of drug-likeness (QED) is 0.536. The molecule has 1 aromatic carbocycles. The molecule has 0 saturated carbocycles. The first-order valence-corrected chi connectivity index (χ1v) is 10.8. The molecule has 7 heteroatoms. The van der Waals surface area contributed by atoms with Crippen LogP contribution in [-0.4, -0.2) is 27.9 Å². The molecule has 1 atom stereocenters. The van der Waals surface area contributed by atoms with E-state index in [2.05, 4.69) is 59.6 Å². The molecule has 0 aliphatic carbocycles. The lowest BCUT2D eigenvalue weighted by atomic mass is 10.1. The maximum Gasteiger partial charge on any atom is 0.222 e. The van der Waals surface area contributed by atoms with Crippen LogP contribution in [0.1, 0.15) is 49.4 Å². The van der Waals surface area contributed by atoms with E-state index in [0.717, 1.165) is 29.6 Å². The smallest absolute Gasteiger partial charge is 0.222 e. The van der Waals surface area contributed by atoms with E-state index < -0.39 is 0 Å². The fourth-order valence-electron chi connectivity index (χ4n) is 2.96. The summed E-state index contributed by atoms with van der Waals surface area (Å²) in [4.78, 5) is 19.2. The maximum absolute atomic E-state index is 12.2. The number of furan rings is 1. The van der Waals surface area contributed by atoms with E-state index in [4.69, 9.17) is 9.40 Å². The Morgan fingerprint density at radius 1 is 1.28 bits per heavy atom. The summed E-state index contributed by atoms with van der Waals surface area (Å²) in [5.41, 5.74) is 2.45. The predicted molar refractivity (Wildman–Crippen MR) is 116 cm³/mol. The predicted octanol–water partition coefficient (Wildman–Crippen LogP) is 4.34. The molecule has 154 valence electrons. The Morgan fingerprint density at radius 3 is 2.76 bits per heavy atom. The van der Waals surface area contributed by atoms with Crippen LogP contribution in [0.15, 0.2) is 47.1 Å². The summed E-state index contributed by atoms with van der Waals surface area (Å²) in [6.45, 7) is 7.40. The van der Waals surface area contributed by atoms with E-state index in [0.29, 0.717) is 19.5 Å². The summed E-state index contributed by atoms with van der Waals surface area (Å²) in [6, 6.07) is 12.4. The zero-order valence-corrected chi connectivity index (χ0v) is 18.0. The van der Waals surface area contributed by atoms with Crippen LogP contribution in [0.3, 0.4) is 0 Å². The molecule has 0 aliphatic rings. The summed E-state index contributed by atoms with van der Waals surface area (Å²) in [5, 5.41) is 3.77. The van der Waals surface area contributed by atoms with Gasteiger partial charge in [0.2, 0.25) is 11.0 Å². The highest BCUT2D eigenvalue weighted by Gasteiger charge is 2.19. The lowest BCUT2D eigenvalue weighted by Crippen LogP contribution is -2.36. The van der Waals surface area contributed by atoms with Crippen molar-refractivity contribution >= 4 is 22.6 Å². The molecular weight excluding hydrogens is 384 g/mol. The van der Waals surface area contributed by atoms with Gasteiger partial charge in [0.1, 0.15) is 11.6 Å². The average Bonchev–Trinajstić information content (AvgIpc) is 3.40. The van der Waals surface area contributed by atoms with Gasteiger partial charge in [-0.2, -0.15) is 4.37 Å². The number of nitrogens with zero attached hydrogens (tertiary/aromatic N) is 3. The number of aromatic nitrogens is 2. The van der Waals surface area contributed by atoms with Crippen LogP contribution < -0.4 is 10.2 Å². The van der Waals surface area contributed by atoms with Crippen LogP contribution in [0.4, 0.5) is 5.13 Å². The van der Waals surface area contributed by atoms with Crippen LogP contribution in [0.5, 0.6) is 0 Å². The first kappa shape index (κ1) is 21.0. The Hall–Kier alpha value is -2.67. The normalized spacial score (nSPS) is 12.0. The number of amides is 1. The third kappa shape index (κ3) is 6.15. The molecule has 0 saturated heterocycles. The second kappa shape index (κ2) is 10.2. The van der Waals surface area contributed by atoms with Crippen LogP contribution in [-0.2, 0) is 17.8 Å². The lowest BCUT2D eigenvalue weighted by Gasteiger charge is -2.27. The number of hydrogen-bond donors (Lipinski definition) is 1. The van der Waals surface area contributed by atoms with E-state index in [-0.39, 0.29) is 11.9 Å². The molecule has 3 aromatic rings. The van der Waals surface area contributed by atoms with Gasteiger partial charge in [0.05, 0.1) is 12.8 Å². The molecule has 0 spiro atoms. The van der Waals surface area contributed by atoms with Crippen molar-refractivity contribution in [3.05, 3.63) is 65.4 Å². The van der Waals surface area contributed by atoms with Gasteiger partial charge in [0, 0.05) is 37.0 Å². The van der Waals surface area contributed by atoms with Crippen LogP contribution in [0, 0.1) is 6.92 Å². The third-order valence-corrected chi connectivity index (χ3v) is 5.72. The van der Waals surface area contributed by atoms with E-state index in [9.17, 15) is 4.79 Å². The number of hydrogen-bond acceptors (Lipinski definition) is 6. The molecule has 1 amide bonds. The minimum Gasteiger partial charge on any atom is -0.467 e. The highest BCUT2D eigenvalue weighted by atomic mass is 32.1. The summed E-state index contributed by atoms with van der Waals surface area (Å²) < 4.78 is 9.80. The highest BCUT2D eigenvalue weighted by molar-refractivity contribution is 7.09. The molecule has 2 heterocycles. The Labute approximate surface area is 176 Å². The molecule has 2 aromatic heterocycles. The number of benzene rings is 1. The second-order valence-corrected chi connectivity index (χ2v) is 7.94. The lowest BCUT2D eigenvalue weighted by molar-refractivity contribution is -0.121. The monoisotopic (exact) mass is 412 g/mol. The van der Waals surface area contributed by atoms with Gasteiger partial charge in [-0.15, -0.1) is 0 Å². The van der Waals surface area contributed by atoms with Gasteiger partial charge in [-0.05, 0) is 38.0 Å². The number of nitrogens with one attached hydrogen (secondary N) is 1. The number of carbonyl (C=O) groups is 1. The third-order valence-electron chi connectivity index (χ3n) is 4.93. The Balaban J connectivity index is 1.58. The number of anilines is 1. The summed E-state index contributed by atoms with van der Waals surface area (Å²) in [7, 11) is 0. The van der Waals surface area contributed by atoms with Gasteiger partial charge in [-0.1, -0.05) is 36.8 Å². The molecular formula is C22H28N4O2S. The van der Waals surface area contributed by atoms with E-state index in [1.807, 2.05) is 12.1 Å². The zero-order chi connectivity index (χ0) is 20.6. The highest BCUT2D eigenvalue weighted by Crippen LogP contribution is 2.22. The van der Waals surface area contributed by atoms with Crippen molar-refractivity contribution in [2.24, 2.45) is 0 Å². The molecule has 0 fully saturated rings. The van der Waals surface area contributed by atoms with E-state index in [1.165, 1.54) is 22.7 Å². The molecule has 1 N–H and O–H groups in total. The van der Waals surface area contributed by atoms with Crippen molar-refractivity contribution in [2.45, 2.75) is 52.6 Å². The molecule has 0 radical (unpaired) electrons. The first-order valence-electron chi connectivity index (χ1n) is 9.99. The Morgan fingerprint density at radius 2 is 2.07 bits per heavy atom. The van der Waals surface area contributed by atoms with Crippen molar-refractivity contribution < 1.29 is 9.21 Å². The van der Waals surface area contributed by atoms with Crippen LogP contribution in [0.2, 0.25) is 0 Å². The maximum atomic E-state index is 12.2. The van der Waals surface area contributed by atoms with E-state index in [1.54, 1.807) is 6.26 Å². The molecule has 0 unspecified atom stereocenters. The molecule has 29 heavy (non-hydrogen) atoms. The van der Waals surface area contributed by atoms with Crippen molar-refractivity contribution in [1.82, 2.24) is 14.7 Å². The van der Waals surface area contributed by atoms with E-state index >= 15 is 0 Å². The molecule has 0 aliphatic heterocycles. The Bertz CT molecular complexity index is 890. The first-order chi connectivity index (χ1) is 14.0. The minimum absolute atomic E-state index is 0.000836.